The smallest absolute Gasteiger partial charge is 0.744 e. The number of hydrogen-bond donors (Lipinski definition) is 6. The number of rotatable bonds is 14. The molecule has 6 N–H and O–H groups in total. The van der Waals surface area contributed by atoms with Gasteiger partial charge in [0, 0.05) is 46.1 Å². The number of nitrogens with zero attached hydrogens (tertiary/aromatic N) is 3. The average molecular weight is 1150 g/mol. The average Bonchev–Trinajstić information content (AvgIpc) is 3.42. The van der Waals surface area contributed by atoms with Gasteiger partial charge in [-0.1, -0.05) is 0 Å². The molecule has 388 valence electrons. The second kappa shape index (κ2) is 23.5. The van der Waals surface area contributed by atoms with Crippen LogP contribution < -0.4 is 86.0 Å². The fourth-order valence-electron chi connectivity index (χ4n) is 7.24. The summed E-state index contributed by atoms with van der Waals surface area (Å²) in [5.41, 5.74) is 6.76. The van der Waals surface area contributed by atoms with Gasteiger partial charge in [-0.25, -0.2) is 33.7 Å². The number of carbonyl (C=O) groups excluding carboxylic acids is 5. The maximum Gasteiger partial charge on any atom is 1.00 e. The minimum atomic E-state index is -5.37. The number of nitrogens with one attached hydrogen (secondary N) is 5. The van der Waals surface area contributed by atoms with Gasteiger partial charge in [0.2, 0.25) is 17.3 Å². The van der Waals surface area contributed by atoms with Gasteiger partial charge in [-0.3, -0.25) is 29.4 Å². The Hall–Kier alpha value is -7.06. The summed E-state index contributed by atoms with van der Waals surface area (Å²) < 4.78 is 122. The van der Waals surface area contributed by atoms with Crippen LogP contribution in [0.5, 0.6) is 5.75 Å². The van der Waals surface area contributed by atoms with Crippen molar-refractivity contribution in [1.82, 2.24) is 0 Å². The van der Waals surface area contributed by atoms with Gasteiger partial charge in [0.05, 0.1) is 36.7 Å². The number of phenols is 1. The Morgan fingerprint density at radius 3 is 1.46 bits per heavy atom. The monoisotopic (exact) mass is 1150 g/mol. The van der Waals surface area contributed by atoms with E-state index in [1.807, 2.05) is 0 Å². The summed E-state index contributed by atoms with van der Waals surface area (Å²) in [7, 11) is -18.2. The van der Waals surface area contributed by atoms with Gasteiger partial charge in [0.15, 0.2) is 25.4 Å². The molecule has 0 spiro atoms. The Morgan fingerprint density at radius 1 is 0.538 bits per heavy atom. The zero-order chi connectivity index (χ0) is 55.1. The van der Waals surface area contributed by atoms with Crippen LogP contribution in [0.3, 0.4) is 0 Å². The maximum atomic E-state index is 13.5. The van der Waals surface area contributed by atoms with Crippen LogP contribution in [0.1, 0.15) is 52.6 Å². The van der Waals surface area contributed by atoms with Crippen molar-refractivity contribution < 1.29 is 131 Å². The number of Topliss-reactive ketones (excluding diaryl/α,β-unsaturated/α-hetero) is 2. The van der Waals surface area contributed by atoms with E-state index in [-0.39, 0.29) is 119 Å². The van der Waals surface area contributed by atoms with E-state index in [1.54, 1.807) is 24.3 Å². The number of anilines is 5. The standard InChI is InChI=1S/C48H36N8O16S4.2Na/c1-73(63,64)33-13-17-39(57)37(23-33)53-55-43-41(75(67,68)69)21-27-19-31(11-15-35(27)45(43)59)49-47(61)25-3-7-29(8-4-25)51-52-30-9-5-26(6-10-30)48(62)50-32-12-16-36-28(20-32)22-42(76(70,71)72)44(46(36)60)56-54-38-24-34(74(2,65)66)14-18-40(38)58;;/h3-24,51-53,57H,1-2H3,(H,49,61)(H,50,62)(H,67,68,69)(H,70,71,72);;/q;2*+1/p-2. The van der Waals surface area contributed by atoms with Gasteiger partial charge in [-0.05, 0) is 145 Å². The topological polar surface area (TPSA) is 385 Å². The normalized spacial score (nSPS) is 15.9. The van der Waals surface area contributed by atoms with Crippen molar-refractivity contribution in [3.8, 4) is 5.75 Å². The Morgan fingerprint density at radius 2 is 1.00 bits per heavy atom. The first-order valence-corrected chi connectivity index (χ1v) is 28.0. The first-order valence-electron chi connectivity index (χ1n) is 21.4. The molecule has 3 aliphatic rings. The second-order valence-electron chi connectivity index (χ2n) is 16.5. The quantitative estimate of drug-likeness (QED) is 0.0236. The molecule has 0 radical (unpaired) electrons. The summed E-state index contributed by atoms with van der Waals surface area (Å²) in [6.45, 7) is 0. The van der Waals surface area contributed by atoms with Crippen LogP contribution in [-0.4, -0.2) is 107 Å². The number of hydrogen-bond acceptors (Lipinski definition) is 22. The molecule has 24 nitrogen and oxygen atoms in total. The first-order chi connectivity index (χ1) is 35.6. The molecule has 0 bridgehead atoms. The van der Waals surface area contributed by atoms with Crippen molar-refractivity contribution in [2.75, 3.05) is 39.4 Å². The SMILES string of the molecule is CS(=O)(=O)C1=CC(=NN=C2C(=O)c3ccc(NC(=O)c4ccc(NNc5ccc(C(=O)Nc6ccc7c(c6)C=C(S(=O)(=O)[O-])C(=NNc6cc(S(C)(=O)=O)ccc6O)C7=O)cc5)cc4)cc3C=C2S(=O)(=O)[O-])C(=O)C=C1.[Na+].[Na+]. The van der Waals surface area contributed by atoms with Crippen LogP contribution in [0.15, 0.2) is 156 Å². The van der Waals surface area contributed by atoms with Crippen LogP contribution in [0.2, 0.25) is 0 Å². The molecular formula is C48H34N8Na2O16S4. The van der Waals surface area contributed by atoms with E-state index < -0.39 is 102 Å². The molecule has 0 fully saturated rings. The first kappa shape index (κ1) is 60.2. The number of amides is 2. The van der Waals surface area contributed by atoms with Crippen LogP contribution in [0.25, 0.3) is 12.2 Å². The molecule has 30 heteroatoms. The van der Waals surface area contributed by atoms with Crippen molar-refractivity contribution in [3.05, 3.63) is 169 Å². The molecule has 0 atom stereocenters. The van der Waals surface area contributed by atoms with E-state index in [2.05, 4.69) is 42.2 Å². The number of allylic oxidation sites excluding steroid dienone is 5. The molecule has 0 aromatic heterocycles. The molecule has 0 heterocycles. The molecule has 0 unspecified atom stereocenters. The number of aromatic hydroxyl groups is 1. The third kappa shape index (κ3) is 13.8. The Kier molecular flexibility index (Phi) is 18.1. The third-order valence-electron chi connectivity index (χ3n) is 11.1. The maximum absolute atomic E-state index is 13.5. The van der Waals surface area contributed by atoms with Gasteiger partial charge < -0.3 is 35.7 Å². The number of benzene rings is 5. The van der Waals surface area contributed by atoms with Crippen LogP contribution in [-0.2, 0) is 44.7 Å². The van der Waals surface area contributed by atoms with Crippen molar-refractivity contribution in [3.63, 3.8) is 0 Å². The fraction of sp³-hybridized carbons (Fsp3) is 0.0417. The summed E-state index contributed by atoms with van der Waals surface area (Å²) in [4.78, 5) is 63.0. The fourth-order valence-corrected chi connectivity index (χ4v) is 9.81. The largest absolute Gasteiger partial charge is 1.00 e. The molecule has 5 aromatic carbocycles. The van der Waals surface area contributed by atoms with Gasteiger partial charge in [-0.15, -0.1) is 10.2 Å². The van der Waals surface area contributed by atoms with E-state index in [1.165, 1.54) is 60.7 Å². The van der Waals surface area contributed by atoms with E-state index >= 15 is 0 Å². The Balaban J connectivity index is 0.00000492. The molecule has 0 saturated heterocycles. The third-order valence-corrected chi connectivity index (χ3v) is 15.0. The number of carbonyl (C=O) groups is 5. The second-order valence-corrected chi connectivity index (χ2v) is 23.2. The minimum absolute atomic E-state index is 0. The summed E-state index contributed by atoms with van der Waals surface area (Å²) >= 11 is 0. The van der Waals surface area contributed by atoms with Crippen LogP contribution in [0.4, 0.5) is 28.4 Å². The molecule has 0 saturated carbocycles. The summed E-state index contributed by atoms with van der Waals surface area (Å²) in [6, 6.07) is 23.0. The Bertz CT molecular complexity index is 4120. The van der Waals surface area contributed by atoms with Gasteiger partial charge >= 0.3 is 59.1 Å². The van der Waals surface area contributed by atoms with Gasteiger partial charge in [0.25, 0.3) is 11.8 Å². The zero-order valence-electron chi connectivity index (χ0n) is 40.7. The summed E-state index contributed by atoms with van der Waals surface area (Å²) in [5, 5.41) is 26.4. The van der Waals surface area contributed by atoms with Crippen molar-refractivity contribution in [2.24, 2.45) is 15.3 Å². The molecule has 0 aliphatic heterocycles. The molecule has 2 amide bonds. The predicted molar refractivity (Wildman–Crippen MR) is 277 cm³/mol. The van der Waals surface area contributed by atoms with Crippen LogP contribution in [0, 0.1) is 0 Å². The van der Waals surface area contributed by atoms with E-state index in [4.69, 9.17) is 0 Å². The molecule has 5 aromatic rings. The van der Waals surface area contributed by atoms with Crippen molar-refractivity contribution in [1.29, 1.82) is 0 Å². The summed E-state index contributed by atoms with van der Waals surface area (Å²) in [5.74, 6) is -4.57. The van der Waals surface area contributed by atoms with Crippen molar-refractivity contribution >= 4 is 127 Å². The molecule has 78 heavy (non-hydrogen) atoms. The molecular weight excluding hydrogens is 1120 g/mol. The summed E-state index contributed by atoms with van der Waals surface area (Å²) in [6.07, 6.45) is 6.34. The number of hydrazone groups is 1. The Labute approximate surface area is 488 Å². The van der Waals surface area contributed by atoms with E-state index in [0.29, 0.717) is 11.4 Å². The van der Waals surface area contributed by atoms with E-state index in [9.17, 15) is 71.9 Å². The number of sulfone groups is 2. The van der Waals surface area contributed by atoms with Gasteiger partial charge in [0.1, 0.15) is 37.4 Å². The van der Waals surface area contributed by atoms with Crippen molar-refractivity contribution in [2.45, 2.75) is 4.90 Å². The number of phenolic OH excluding ortho intramolecular Hbond substituents is 1. The van der Waals surface area contributed by atoms with Gasteiger partial charge in [-0.2, -0.15) is 5.10 Å². The minimum Gasteiger partial charge on any atom is -0.744 e. The number of fused-ring (bicyclic) bond motifs is 2. The zero-order valence-corrected chi connectivity index (χ0v) is 48.0. The van der Waals surface area contributed by atoms with Crippen LogP contribution >= 0.6 is 0 Å². The molecule has 8 rings (SSSR count). The molecule has 3 aliphatic carbocycles. The predicted octanol–water partition coefficient (Wildman–Crippen LogP) is -1.76. The number of hydrazine groups is 1. The number of ketones is 3. The van der Waals surface area contributed by atoms with E-state index in [0.717, 1.165) is 61.1 Å².